The Kier molecular flexibility index (Phi) is 2.06. The lowest BCUT2D eigenvalue weighted by Crippen LogP contribution is -2.28. The quantitative estimate of drug-likeness (QED) is 0.518. The molecule has 0 aromatic carbocycles. The zero-order valence-corrected chi connectivity index (χ0v) is 5.66. The molecule has 3 N–H and O–H groups in total. The summed E-state index contributed by atoms with van der Waals surface area (Å²) in [4.78, 5) is 10.4. The summed E-state index contributed by atoms with van der Waals surface area (Å²) in [6, 6.07) is -0.0603. The van der Waals surface area contributed by atoms with Crippen LogP contribution in [0.15, 0.2) is 12.2 Å². The zero-order valence-electron chi connectivity index (χ0n) is 5.66. The standard InChI is InChI=1S/C7H11NO2/c8-6-3-1-2-5(4-6)7(9)10/h1,3,5-6H,2,4,8H2,(H,9,10). The van der Waals surface area contributed by atoms with Crippen molar-refractivity contribution in [2.24, 2.45) is 11.7 Å². The van der Waals surface area contributed by atoms with Gasteiger partial charge < -0.3 is 10.8 Å². The number of nitrogens with two attached hydrogens (primary N) is 1. The lowest BCUT2D eigenvalue weighted by molar-refractivity contribution is -0.142. The second-order valence-electron chi connectivity index (χ2n) is 2.60. The first kappa shape index (κ1) is 7.28. The Morgan fingerprint density at radius 1 is 1.70 bits per heavy atom. The van der Waals surface area contributed by atoms with Gasteiger partial charge >= 0.3 is 5.97 Å². The summed E-state index contributed by atoms with van der Waals surface area (Å²) in [5, 5.41) is 8.57. The Bertz CT molecular complexity index is 165. The number of carboxylic acids is 1. The van der Waals surface area contributed by atoms with Crippen molar-refractivity contribution in [2.45, 2.75) is 18.9 Å². The van der Waals surface area contributed by atoms with Crippen LogP contribution in [0.1, 0.15) is 12.8 Å². The highest BCUT2D eigenvalue weighted by molar-refractivity contribution is 5.70. The van der Waals surface area contributed by atoms with Gasteiger partial charge in [0, 0.05) is 6.04 Å². The van der Waals surface area contributed by atoms with Crippen molar-refractivity contribution in [3.05, 3.63) is 12.2 Å². The van der Waals surface area contributed by atoms with Gasteiger partial charge in [-0.2, -0.15) is 0 Å². The van der Waals surface area contributed by atoms with Crippen molar-refractivity contribution in [3.8, 4) is 0 Å². The molecule has 0 heterocycles. The highest BCUT2D eigenvalue weighted by Crippen LogP contribution is 2.16. The lowest BCUT2D eigenvalue weighted by atomic mass is 9.92. The van der Waals surface area contributed by atoms with Crippen LogP contribution in [0.25, 0.3) is 0 Å². The number of aliphatic carboxylic acids is 1. The van der Waals surface area contributed by atoms with Gasteiger partial charge in [-0.05, 0) is 12.8 Å². The molecule has 3 nitrogen and oxygen atoms in total. The summed E-state index contributed by atoms with van der Waals surface area (Å²) < 4.78 is 0. The van der Waals surface area contributed by atoms with E-state index in [1.165, 1.54) is 0 Å². The SMILES string of the molecule is NC1C=CCC(C(=O)O)C1. The maximum atomic E-state index is 10.4. The van der Waals surface area contributed by atoms with E-state index in [1.54, 1.807) is 0 Å². The van der Waals surface area contributed by atoms with Gasteiger partial charge in [0.05, 0.1) is 5.92 Å². The molecule has 0 fully saturated rings. The summed E-state index contributed by atoms with van der Waals surface area (Å²) in [6.45, 7) is 0. The normalized spacial score (nSPS) is 32.1. The predicted molar refractivity (Wildman–Crippen MR) is 37.5 cm³/mol. The topological polar surface area (TPSA) is 63.3 Å². The Morgan fingerprint density at radius 2 is 2.40 bits per heavy atom. The van der Waals surface area contributed by atoms with E-state index in [0.717, 1.165) is 0 Å². The van der Waals surface area contributed by atoms with Crippen molar-refractivity contribution in [3.63, 3.8) is 0 Å². The van der Waals surface area contributed by atoms with Crippen molar-refractivity contribution in [2.75, 3.05) is 0 Å². The first-order valence-corrected chi connectivity index (χ1v) is 3.35. The van der Waals surface area contributed by atoms with Crippen LogP contribution in [0.4, 0.5) is 0 Å². The fraction of sp³-hybridized carbons (Fsp3) is 0.571. The van der Waals surface area contributed by atoms with Crippen LogP contribution in [0.3, 0.4) is 0 Å². The molecule has 0 bridgehead atoms. The summed E-state index contributed by atoms with van der Waals surface area (Å²) in [5.74, 6) is -1.00. The van der Waals surface area contributed by atoms with Crippen molar-refractivity contribution in [1.29, 1.82) is 0 Å². The first-order chi connectivity index (χ1) is 4.70. The molecule has 0 aromatic heterocycles. The summed E-state index contributed by atoms with van der Waals surface area (Å²) in [7, 11) is 0. The summed E-state index contributed by atoms with van der Waals surface area (Å²) in [5.41, 5.74) is 5.51. The molecule has 2 unspecified atom stereocenters. The number of carboxylic acid groups (broad SMARTS) is 1. The highest BCUT2D eigenvalue weighted by Gasteiger charge is 2.20. The number of hydrogen-bond acceptors (Lipinski definition) is 2. The Labute approximate surface area is 59.5 Å². The molecule has 0 saturated carbocycles. The number of hydrogen-bond donors (Lipinski definition) is 2. The predicted octanol–water partition coefficient (Wildman–Crippen LogP) is 0.364. The monoisotopic (exact) mass is 141 g/mol. The van der Waals surface area contributed by atoms with E-state index in [2.05, 4.69) is 0 Å². The van der Waals surface area contributed by atoms with Gasteiger partial charge in [0.25, 0.3) is 0 Å². The fourth-order valence-corrected chi connectivity index (χ4v) is 1.12. The van der Waals surface area contributed by atoms with Gasteiger partial charge in [-0.15, -0.1) is 0 Å². The largest absolute Gasteiger partial charge is 0.481 e. The van der Waals surface area contributed by atoms with Gasteiger partial charge in [-0.3, -0.25) is 4.79 Å². The smallest absolute Gasteiger partial charge is 0.306 e. The van der Waals surface area contributed by atoms with Gasteiger partial charge in [0.2, 0.25) is 0 Å². The molecular formula is C7H11NO2. The third-order valence-corrected chi connectivity index (χ3v) is 1.71. The summed E-state index contributed by atoms with van der Waals surface area (Å²) >= 11 is 0. The molecule has 2 atom stereocenters. The average Bonchev–Trinajstić information content (AvgIpc) is 1.88. The number of allylic oxidation sites excluding steroid dienone is 1. The minimum Gasteiger partial charge on any atom is -0.481 e. The molecule has 0 amide bonds. The minimum absolute atomic E-state index is 0.0603. The van der Waals surface area contributed by atoms with E-state index in [1.807, 2.05) is 12.2 Å². The maximum Gasteiger partial charge on any atom is 0.306 e. The Morgan fingerprint density at radius 3 is 2.80 bits per heavy atom. The third-order valence-electron chi connectivity index (χ3n) is 1.71. The molecule has 1 aliphatic rings. The summed E-state index contributed by atoms with van der Waals surface area (Å²) in [6.07, 6.45) is 4.90. The van der Waals surface area contributed by atoms with Crippen molar-refractivity contribution >= 4 is 5.97 Å². The second kappa shape index (κ2) is 2.84. The first-order valence-electron chi connectivity index (χ1n) is 3.35. The van der Waals surface area contributed by atoms with Gasteiger partial charge in [-0.1, -0.05) is 12.2 Å². The van der Waals surface area contributed by atoms with Gasteiger partial charge in [0.15, 0.2) is 0 Å². The van der Waals surface area contributed by atoms with Gasteiger partial charge in [-0.25, -0.2) is 0 Å². The second-order valence-corrected chi connectivity index (χ2v) is 2.60. The van der Waals surface area contributed by atoms with Crippen LogP contribution < -0.4 is 5.73 Å². The fourth-order valence-electron chi connectivity index (χ4n) is 1.12. The number of rotatable bonds is 1. The van der Waals surface area contributed by atoms with Crippen molar-refractivity contribution < 1.29 is 9.90 Å². The average molecular weight is 141 g/mol. The Hall–Kier alpha value is -0.830. The van der Waals surface area contributed by atoms with Crippen LogP contribution >= 0.6 is 0 Å². The Balaban J connectivity index is 2.52. The molecule has 0 aromatic rings. The van der Waals surface area contributed by atoms with E-state index in [9.17, 15) is 4.79 Å². The van der Waals surface area contributed by atoms with Gasteiger partial charge in [0.1, 0.15) is 0 Å². The molecule has 1 rings (SSSR count). The van der Waals surface area contributed by atoms with Crippen LogP contribution in [-0.4, -0.2) is 17.1 Å². The van der Waals surface area contributed by atoms with E-state index < -0.39 is 5.97 Å². The third kappa shape index (κ3) is 1.57. The van der Waals surface area contributed by atoms with Crippen LogP contribution in [-0.2, 0) is 4.79 Å². The minimum atomic E-state index is -0.736. The number of carbonyl (C=O) groups is 1. The molecule has 1 aliphatic carbocycles. The molecule has 3 heteroatoms. The molecule has 0 radical (unpaired) electrons. The molecule has 0 saturated heterocycles. The molecule has 0 spiro atoms. The molecule has 10 heavy (non-hydrogen) atoms. The highest BCUT2D eigenvalue weighted by atomic mass is 16.4. The molecular weight excluding hydrogens is 130 g/mol. The van der Waals surface area contributed by atoms with E-state index in [0.29, 0.717) is 12.8 Å². The van der Waals surface area contributed by atoms with E-state index in [-0.39, 0.29) is 12.0 Å². The molecule has 0 aliphatic heterocycles. The zero-order chi connectivity index (χ0) is 7.56. The van der Waals surface area contributed by atoms with E-state index >= 15 is 0 Å². The maximum absolute atomic E-state index is 10.4. The van der Waals surface area contributed by atoms with Crippen LogP contribution in [0.2, 0.25) is 0 Å². The van der Waals surface area contributed by atoms with Crippen LogP contribution in [0.5, 0.6) is 0 Å². The van der Waals surface area contributed by atoms with E-state index in [4.69, 9.17) is 10.8 Å². The molecule has 56 valence electrons. The lowest BCUT2D eigenvalue weighted by Gasteiger charge is -2.17. The van der Waals surface area contributed by atoms with Crippen molar-refractivity contribution in [1.82, 2.24) is 0 Å². The van der Waals surface area contributed by atoms with Crippen LogP contribution in [0, 0.1) is 5.92 Å².